The molecule has 0 aliphatic heterocycles. The number of aryl methyl sites for hydroxylation is 1. The highest BCUT2D eigenvalue weighted by Crippen LogP contribution is 2.28. The van der Waals surface area contributed by atoms with E-state index in [1.807, 2.05) is 0 Å². The first-order valence-electron chi connectivity index (χ1n) is 8.14. The Balaban J connectivity index is 2.01. The number of ether oxygens (including phenoxy) is 2. The maximum atomic E-state index is 12.4. The fourth-order valence-corrected chi connectivity index (χ4v) is 2.17. The van der Waals surface area contributed by atoms with Crippen LogP contribution in [0, 0.1) is 0 Å². The van der Waals surface area contributed by atoms with Crippen LogP contribution in [0.5, 0.6) is 11.5 Å². The number of tetrazole rings is 1. The van der Waals surface area contributed by atoms with E-state index >= 15 is 0 Å². The van der Waals surface area contributed by atoms with Gasteiger partial charge in [-0.3, -0.25) is 4.79 Å². The Kier molecular flexibility index (Phi) is 6.94. The summed E-state index contributed by atoms with van der Waals surface area (Å²) in [5.74, 6) is 1.43. The maximum Gasteiger partial charge on any atom is 0.251 e. The SMILES string of the molecule is C=CCOc1ccc(C(=O)NCc2nnnn2CCCC)cc1OC. The lowest BCUT2D eigenvalue weighted by Gasteiger charge is -2.11. The number of carbonyl (C=O) groups excluding carboxylic acids is 1. The molecule has 0 unspecified atom stereocenters. The number of nitrogens with one attached hydrogen (secondary N) is 1. The summed E-state index contributed by atoms with van der Waals surface area (Å²) in [6.07, 6.45) is 3.67. The van der Waals surface area contributed by atoms with E-state index in [-0.39, 0.29) is 12.5 Å². The number of nitrogens with zero attached hydrogens (tertiary/aromatic N) is 4. The molecule has 0 aliphatic carbocycles. The highest BCUT2D eigenvalue weighted by molar-refractivity contribution is 5.94. The Morgan fingerprint density at radius 1 is 1.40 bits per heavy atom. The number of rotatable bonds is 10. The van der Waals surface area contributed by atoms with Crippen LogP contribution < -0.4 is 14.8 Å². The molecule has 2 aromatic rings. The van der Waals surface area contributed by atoms with Gasteiger partial charge in [0, 0.05) is 12.1 Å². The lowest BCUT2D eigenvalue weighted by Crippen LogP contribution is -2.25. The van der Waals surface area contributed by atoms with E-state index in [0.717, 1.165) is 19.4 Å². The van der Waals surface area contributed by atoms with Crippen molar-refractivity contribution in [2.45, 2.75) is 32.9 Å². The second-order valence-corrected chi connectivity index (χ2v) is 5.32. The lowest BCUT2D eigenvalue weighted by molar-refractivity contribution is 0.0949. The molecule has 1 N–H and O–H groups in total. The van der Waals surface area contributed by atoms with Crippen molar-refractivity contribution in [3.8, 4) is 11.5 Å². The van der Waals surface area contributed by atoms with Crippen LogP contribution in [0.2, 0.25) is 0 Å². The summed E-state index contributed by atoms with van der Waals surface area (Å²) in [6.45, 7) is 7.06. The average Bonchev–Trinajstić information content (AvgIpc) is 3.09. The van der Waals surface area contributed by atoms with Crippen molar-refractivity contribution < 1.29 is 14.3 Å². The minimum Gasteiger partial charge on any atom is -0.493 e. The Labute approximate surface area is 146 Å². The molecule has 0 radical (unpaired) electrons. The minimum absolute atomic E-state index is 0.237. The highest BCUT2D eigenvalue weighted by atomic mass is 16.5. The van der Waals surface area contributed by atoms with E-state index in [4.69, 9.17) is 9.47 Å². The number of aromatic nitrogens is 4. The van der Waals surface area contributed by atoms with Crippen molar-refractivity contribution in [1.29, 1.82) is 0 Å². The normalized spacial score (nSPS) is 10.3. The fraction of sp³-hybridized carbons (Fsp3) is 0.412. The van der Waals surface area contributed by atoms with Crippen LogP contribution in [-0.2, 0) is 13.1 Å². The van der Waals surface area contributed by atoms with Gasteiger partial charge in [0.25, 0.3) is 5.91 Å². The van der Waals surface area contributed by atoms with E-state index < -0.39 is 0 Å². The summed E-state index contributed by atoms with van der Waals surface area (Å²) >= 11 is 0. The molecule has 8 heteroatoms. The van der Waals surface area contributed by atoms with E-state index in [1.165, 1.54) is 7.11 Å². The number of hydrogen-bond acceptors (Lipinski definition) is 6. The lowest BCUT2D eigenvalue weighted by atomic mass is 10.2. The molecule has 2 rings (SSSR count). The Morgan fingerprint density at radius 3 is 2.96 bits per heavy atom. The third-order valence-electron chi connectivity index (χ3n) is 3.52. The predicted molar refractivity (Wildman–Crippen MR) is 92.6 cm³/mol. The number of amides is 1. The molecule has 0 saturated heterocycles. The van der Waals surface area contributed by atoms with Crippen LogP contribution in [0.1, 0.15) is 35.9 Å². The van der Waals surface area contributed by atoms with E-state index in [0.29, 0.717) is 29.5 Å². The first-order chi connectivity index (χ1) is 12.2. The summed E-state index contributed by atoms with van der Waals surface area (Å²) in [5.41, 5.74) is 0.468. The van der Waals surface area contributed by atoms with Gasteiger partial charge in [-0.1, -0.05) is 26.0 Å². The summed E-state index contributed by atoms with van der Waals surface area (Å²) in [7, 11) is 1.53. The van der Waals surface area contributed by atoms with Gasteiger partial charge < -0.3 is 14.8 Å². The molecular weight excluding hydrogens is 322 g/mol. The molecule has 1 aromatic heterocycles. The van der Waals surface area contributed by atoms with Gasteiger partial charge in [0.2, 0.25) is 0 Å². The molecule has 8 nitrogen and oxygen atoms in total. The van der Waals surface area contributed by atoms with Crippen molar-refractivity contribution in [2.75, 3.05) is 13.7 Å². The summed E-state index contributed by atoms with van der Waals surface area (Å²) in [5, 5.41) is 14.4. The quantitative estimate of drug-likeness (QED) is 0.662. The third-order valence-corrected chi connectivity index (χ3v) is 3.52. The summed E-state index contributed by atoms with van der Waals surface area (Å²) in [6, 6.07) is 5.01. The van der Waals surface area contributed by atoms with Crippen LogP contribution in [0.15, 0.2) is 30.9 Å². The van der Waals surface area contributed by atoms with Gasteiger partial charge in [-0.15, -0.1) is 5.10 Å². The highest BCUT2D eigenvalue weighted by Gasteiger charge is 2.13. The van der Waals surface area contributed by atoms with Crippen molar-refractivity contribution in [1.82, 2.24) is 25.5 Å². The number of hydrogen-bond donors (Lipinski definition) is 1. The first kappa shape index (κ1) is 18.4. The van der Waals surface area contributed by atoms with Crippen LogP contribution in [0.4, 0.5) is 0 Å². The van der Waals surface area contributed by atoms with Crippen LogP contribution >= 0.6 is 0 Å². The molecule has 0 aliphatic rings. The summed E-state index contributed by atoms with van der Waals surface area (Å²) in [4.78, 5) is 12.4. The smallest absolute Gasteiger partial charge is 0.251 e. The van der Waals surface area contributed by atoms with Gasteiger partial charge in [0.15, 0.2) is 17.3 Å². The van der Waals surface area contributed by atoms with E-state index in [9.17, 15) is 4.79 Å². The number of methoxy groups -OCH3 is 1. The molecule has 1 heterocycles. The second kappa shape index (κ2) is 9.41. The second-order valence-electron chi connectivity index (χ2n) is 5.32. The Bertz CT molecular complexity index is 714. The number of unbranched alkanes of at least 4 members (excludes halogenated alkanes) is 1. The molecule has 1 amide bonds. The maximum absolute atomic E-state index is 12.4. The zero-order valence-corrected chi connectivity index (χ0v) is 14.6. The minimum atomic E-state index is -0.237. The zero-order chi connectivity index (χ0) is 18.1. The fourth-order valence-electron chi connectivity index (χ4n) is 2.17. The predicted octanol–water partition coefficient (Wildman–Crippen LogP) is 1.98. The molecule has 0 bridgehead atoms. The largest absolute Gasteiger partial charge is 0.493 e. The van der Waals surface area contributed by atoms with E-state index in [1.54, 1.807) is 29.0 Å². The molecule has 0 atom stereocenters. The third kappa shape index (κ3) is 5.03. The van der Waals surface area contributed by atoms with Gasteiger partial charge in [0.1, 0.15) is 6.61 Å². The van der Waals surface area contributed by atoms with E-state index in [2.05, 4.69) is 34.3 Å². The molecule has 0 spiro atoms. The average molecular weight is 345 g/mol. The van der Waals surface area contributed by atoms with Crippen molar-refractivity contribution in [3.05, 3.63) is 42.2 Å². The van der Waals surface area contributed by atoms with Crippen LogP contribution in [-0.4, -0.2) is 39.8 Å². The van der Waals surface area contributed by atoms with Crippen LogP contribution in [0.25, 0.3) is 0 Å². The molecule has 1 aromatic carbocycles. The van der Waals surface area contributed by atoms with Crippen molar-refractivity contribution in [3.63, 3.8) is 0 Å². The molecule has 0 fully saturated rings. The van der Waals surface area contributed by atoms with Gasteiger partial charge >= 0.3 is 0 Å². The number of carbonyl (C=O) groups is 1. The molecule has 0 saturated carbocycles. The monoisotopic (exact) mass is 345 g/mol. The molecule has 134 valence electrons. The Morgan fingerprint density at radius 2 is 2.24 bits per heavy atom. The van der Waals surface area contributed by atoms with Gasteiger partial charge in [-0.25, -0.2) is 4.68 Å². The Hall–Kier alpha value is -2.90. The standard InChI is InChI=1S/C17H23N5O3/c1-4-6-9-22-16(19-20-21-22)12-18-17(23)13-7-8-14(25-10-5-2)15(11-13)24-3/h5,7-8,11H,2,4,6,9-10,12H2,1,3H3,(H,18,23). The van der Waals surface area contributed by atoms with Crippen molar-refractivity contribution in [2.24, 2.45) is 0 Å². The number of benzene rings is 1. The summed E-state index contributed by atoms with van der Waals surface area (Å²) < 4.78 is 12.5. The zero-order valence-electron chi connectivity index (χ0n) is 14.6. The first-order valence-corrected chi connectivity index (χ1v) is 8.14. The van der Waals surface area contributed by atoms with Gasteiger partial charge in [-0.05, 0) is 35.0 Å². The van der Waals surface area contributed by atoms with Gasteiger partial charge in [0.05, 0.1) is 13.7 Å². The van der Waals surface area contributed by atoms with Crippen LogP contribution in [0.3, 0.4) is 0 Å². The van der Waals surface area contributed by atoms with Crippen molar-refractivity contribution >= 4 is 5.91 Å². The molecular formula is C17H23N5O3. The molecule has 25 heavy (non-hydrogen) atoms. The topological polar surface area (TPSA) is 91.2 Å². The van der Waals surface area contributed by atoms with Gasteiger partial charge in [-0.2, -0.15) is 0 Å².